The van der Waals surface area contributed by atoms with Crippen LogP contribution in [0.15, 0.2) is 4.99 Å². The van der Waals surface area contributed by atoms with Crippen molar-refractivity contribution in [3.05, 3.63) is 0 Å². The molecule has 178 valence electrons. The third-order valence-electron chi connectivity index (χ3n) is 6.53. The van der Waals surface area contributed by atoms with Gasteiger partial charge in [-0.2, -0.15) is 0 Å². The summed E-state index contributed by atoms with van der Waals surface area (Å²) in [5.74, 6) is 0.728. The van der Waals surface area contributed by atoms with Gasteiger partial charge in [-0.1, -0.05) is 0 Å². The van der Waals surface area contributed by atoms with E-state index in [1.165, 1.54) is 0 Å². The van der Waals surface area contributed by atoms with E-state index < -0.39 is 6.17 Å². The van der Waals surface area contributed by atoms with E-state index in [2.05, 4.69) is 26.8 Å². The fraction of sp³-hybridized carbons (Fsp3) is 0.905. The number of hydrogen-bond donors (Lipinski definition) is 5. The molecular weight excluding hydrogens is 403 g/mol. The van der Waals surface area contributed by atoms with Crippen molar-refractivity contribution in [2.24, 2.45) is 16.8 Å². The van der Waals surface area contributed by atoms with Gasteiger partial charge in [0.2, 0.25) is 5.91 Å². The number of aliphatic imine (C=N–C) groups is 1. The molecule has 5 N–H and O–H groups in total. The fourth-order valence-corrected chi connectivity index (χ4v) is 4.74. The molecule has 10 heteroatoms. The van der Waals surface area contributed by atoms with E-state index in [4.69, 9.17) is 14.5 Å². The number of hydrazine groups is 1. The summed E-state index contributed by atoms with van der Waals surface area (Å²) in [4.78, 5) is 17.7. The largest absolute Gasteiger partial charge is 0.383 e. The number of nitrogens with zero attached hydrogens (tertiary/aromatic N) is 1. The van der Waals surface area contributed by atoms with Crippen LogP contribution in [-0.2, 0) is 14.3 Å². The maximum Gasteiger partial charge on any atom is 0.229 e. The lowest BCUT2D eigenvalue weighted by Crippen LogP contribution is -2.51. The van der Waals surface area contributed by atoms with Gasteiger partial charge >= 0.3 is 0 Å². The number of methoxy groups -OCH3 is 2. The Morgan fingerprint density at radius 1 is 1.16 bits per heavy atom. The van der Waals surface area contributed by atoms with Crippen LogP contribution in [0.5, 0.6) is 0 Å². The molecule has 0 bridgehead atoms. The Morgan fingerprint density at radius 2 is 1.94 bits per heavy atom. The molecule has 0 aromatic rings. The summed E-state index contributed by atoms with van der Waals surface area (Å²) in [7, 11) is 3.29. The van der Waals surface area contributed by atoms with Crippen molar-refractivity contribution in [1.82, 2.24) is 26.8 Å². The quantitative estimate of drug-likeness (QED) is 0.293. The number of carbonyl (C=O) groups is 1. The normalized spacial score (nSPS) is 35.5. The summed E-state index contributed by atoms with van der Waals surface area (Å²) in [6, 6.07) is 0.260. The number of piperidine rings is 1. The molecule has 0 aromatic heterocycles. The maximum atomic E-state index is 13.5. The number of guanidine groups is 1. The highest BCUT2D eigenvalue weighted by Gasteiger charge is 2.34. The Hall–Kier alpha value is -1.33. The number of ether oxygens (including phenoxy) is 2. The Labute approximate surface area is 184 Å². The zero-order chi connectivity index (χ0) is 22.2. The second-order valence-corrected chi connectivity index (χ2v) is 9.03. The standard InChI is InChI=1S/C21H39FN6O3/c1-13(12-30-2)24-21(26-20(29)15-8-9-23-19(10-15)31-3)25-18-11-17(27-28-18)14-4-6-16(22)7-5-14/h13-19,23,27-28H,4-12H2,1-3H3,(H2,24,25,26,29)/t13-,14?,15?,16?,17?,18?,19?/m0/s1. The zero-order valence-corrected chi connectivity index (χ0v) is 19.0. The Balaban J connectivity index is 1.60. The summed E-state index contributed by atoms with van der Waals surface area (Å²) in [6.07, 6.45) is 4.37. The van der Waals surface area contributed by atoms with Crippen LogP contribution in [-0.4, -0.2) is 69.9 Å². The number of halogens is 1. The Morgan fingerprint density at radius 3 is 2.65 bits per heavy atom. The molecular formula is C21H39FN6O3. The molecule has 5 atom stereocenters. The van der Waals surface area contributed by atoms with Crippen LogP contribution in [0.3, 0.4) is 0 Å². The summed E-state index contributed by atoms with van der Waals surface area (Å²) < 4.78 is 24.0. The highest BCUT2D eigenvalue weighted by atomic mass is 19.1. The average Bonchev–Trinajstić information content (AvgIpc) is 3.22. The van der Waals surface area contributed by atoms with Crippen LogP contribution in [0, 0.1) is 11.8 Å². The third-order valence-corrected chi connectivity index (χ3v) is 6.53. The first-order valence-corrected chi connectivity index (χ1v) is 11.5. The van der Waals surface area contributed by atoms with Crippen molar-refractivity contribution in [2.75, 3.05) is 27.4 Å². The van der Waals surface area contributed by atoms with Gasteiger partial charge < -0.3 is 14.8 Å². The van der Waals surface area contributed by atoms with Gasteiger partial charge in [-0.25, -0.2) is 14.8 Å². The predicted octanol–water partition coefficient (Wildman–Crippen LogP) is 0.776. The van der Waals surface area contributed by atoms with Crippen molar-refractivity contribution in [3.63, 3.8) is 0 Å². The zero-order valence-electron chi connectivity index (χ0n) is 19.0. The molecule has 0 aromatic carbocycles. The van der Waals surface area contributed by atoms with Gasteiger partial charge in [-0.3, -0.25) is 20.9 Å². The van der Waals surface area contributed by atoms with Gasteiger partial charge in [0.1, 0.15) is 18.6 Å². The Kier molecular flexibility index (Phi) is 9.46. The van der Waals surface area contributed by atoms with Gasteiger partial charge in [0, 0.05) is 38.6 Å². The lowest BCUT2D eigenvalue weighted by molar-refractivity contribution is -0.126. The van der Waals surface area contributed by atoms with Gasteiger partial charge in [0.25, 0.3) is 0 Å². The first-order chi connectivity index (χ1) is 15.0. The van der Waals surface area contributed by atoms with Gasteiger partial charge in [-0.05, 0) is 57.9 Å². The molecule has 2 saturated heterocycles. The smallest absolute Gasteiger partial charge is 0.229 e. The summed E-state index contributed by atoms with van der Waals surface area (Å²) in [6.45, 7) is 3.22. The van der Waals surface area contributed by atoms with Crippen molar-refractivity contribution in [2.45, 2.75) is 82.5 Å². The minimum atomic E-state index is -0.652. The summed E-state index contributed by atoms with van der Waals surface area (Å²) >= 11 is 0. The molecule has 4 unspecified atom stereocenters. The second kappa shape index (κ2) is 12.1. The van der Waals surface area contributed by atoms with Gasteiger partial charge in [0.15, 0.2) is 5.96 Å². The van der Waals surface area contributed by atoms with E-state index in [9.17, 15) is 9.18 Å². The van der Waals surface area contributed by atoms with Crippen molar-refractivity contribution in [1.29, 1.82) is 0 Å². The number of hydrogen-bond acceptors (Lipinski definition) is 7. The topological polar surface area (TPSA) is 108 Å². The van der Waals surface area contributed by atoms with Crippen molar-refractivity contribution < 1.29 is 18.7 Å². The molecule has 1 amide bonds. The van der Waals surface area contributed by atoms with Crippen LogP contribution in [0.4, 0.5) is 4.39 Å². The highest BCUT2D eigenvalue weighted by Crippen LogP contribution is 2.31. The molecule has 1 saturated carbocycles. The van der Waals surface area contributed by atoms with Crippen LogP contribution >= 0.6 is 0 Å². The van der Waals surface area contributed by atoms with Crippen LogP contribution in [0.2, 0.25) is 0 Å². The first-order valence-electron chi connectivity index (χ1n) is 11.5. The van der Waals surface area contributed by atoms with Crippen LogP contribution in [0.25, 0.3) is 0 Å². The Bertz CT molecular complexity index is 602. The molecule has 0 radical (unpaired) electrons. The fourth-order valence-electron chi connectivity index (χ4n) is 4.74. The summed E-state index contributed by atoms with van der Waals surface area (Å²) in [5, 5.41) is 9.51. The second-order valence-electron chi connectivity index (χ2n) is 9.03. The van der Waals surface area contributed by atoms with Gasteiger partial charge in [0.05, 0.1) is 6.61 Å². The molecule has 3 rings (SSSR count). The third kappa shape index (κ3) is 7.35. The molecule has 1 aliphatic carbocycles. The SMILES string of the molecule is COC[C@H](C)N/C(=N\C1CC(C2CCC(F)CC2)NN1)NC(=O)C1CCNC(OC)C1. The van der Waals surface area contributed by atoms with E-state index in [1.807, 2.05) is 6.92 Å². The molecule has 3 aliphatic rings. The van der Waals surface area contributed by atoms with Crippen LogP contribution < -0.4 is 26.8 Å². The minimum Gasteiger partial charge on any atom is -0.383 e. The molecule has 3 fully saturated rings. The minimum absolute atomic E-state index is 0.00575. The van der Waals surface area contributed by atoms with Gasteiger partial charge in [-0.15, -0.1) is 0 Å². The maximum absolute atomic E-state index is 13.5. The molecule has 2 aliphatic heterocycles. The van der Waals surface area contributed by atoms with E-state index in [1.54, 1.807) is 14.2 Å². The lowest BCUT2D eigenvalue weighted by Gasteiger charge is -2.29. The summed E-state index contributed by atoms with van der Waals surface area (Å²) in [5.41, 5.74) is 6.57. The molecule has 9 nitrogen and oxygen atoms in total. The predicted molar refractivity (Wildman–Crippen MR) is 117 cm³/mol. The van der Waals surface area contributed by atoms with E-state index in [-0.39, 0.29) is 36.3 Å². The number of amides is 1. The highest BCUT2D eigenvalue weighted by molar-refractivity contribution is 5.98. The average molecular weight is 443 g/mol. The number of alkyl halides is 1. The van der Waals surface area contributed by atoms with E-state index in [0.29, 0.717) is 37.7 Å². The molecule has 31 heavy (non-hydrogen) atoms. The molecule has 2 heterocycles. The number of carbonyl (C=O) groups excluding carboxylic acids is 1. The van der Waals surface area contributed by atoms with E-state index in [0.717, 1.165) is 32.2 Å². The van der Waals surface area contributed by atoms with E-state index >= 15 is 0 Å². The number of rotatable bonds is 7. The molecule has 0 spiro atoms. The lowest BCUT2D eigenvalue weighted by atomic mass is 9.82. The van der Waals surface area contributed by atoms with Crippen LogP contribution in [0.1, 0.15) is 51.9 Å². The van der Waals surface area contributed by atoms with Crippen molar-refractivity contribution >= 4 is 11.9 Å². The monoisotopic (exact) mass is 442 g/mol. The van der Waals surface area contributed by atoms with Crippen molar-refractivity contribution in [3.8, 4) is 0 Å². The number of nitrogens with one attached hydrogen (secondary N) is 5. The first kappa shape index (κ1) is 24.3.